The summed E-state index contributed by atoms with van der Waals surface area (Å²) in [5, 5.41) is 1.36. The first-order chi connectivity index (χ1) is 10.5. The molecule has 0 aliphatic rings. The second-order valence-electron chi connectivity index (χ2n) is 6.23. The summed E-state index contributed by atoms with van der Waals surface area (Å²) in [5.41, 5.74) is 3.92. The van der Waals surface area contributed by atoms with Crippen molar-refractivity contribution in [1.29, 1.82) is 0 Å². The maximum atomic E-state index is 3.89. The Labute approximate surface area is 138 Å². The summed E-state index contributed by atoms with van der Waals surface area (Å²) in [4.78, 5) is 0. The van der Waals surface area contributed by atoms with Crippen molar-refractivity contribution < 1.29 is 0 Å². The van der Waals surface area contributed by atoms with Crippen molar-refractivity contribution in [3.8, 4) is 0 Å². The summed E-state index contributed by atoms with van der Waals surface area (Å²) < 4.78 is 7.85. The Morgan fingerprint density at radius 1 is 1.36 bits per heavy atom. The molecule has 0 saturated heterocycles. The molecule has 3 nitrogen and oxygen atoms in total. The molecular formula is C18H27N3S. The molecule has 1 aromatic heterocycles. The molecule has 1 aromatic carbocycles. The number of hydrogen-bond acceptors (Lipinski definition) is 3. The average Bonchev–Trinajstić information content (AvgIpc) is 2.80. The van der Waals surface area contributed by atoms with E-state index in [9.17, 15) is 0 Å². The van der Waals surface area contributed by atoms with Gasteiger partial charge in [0, 0.05) is 42.3 Å². The summed E-state index contributed by atoms with van der Waals surface area (Å²) in [6.45, 7) is 10.4. The molecule has 0 radical (unpaired) electrons. The first-order valence-corrected chi connectivity index (χ1v) is 8.60. The Kier molecular flexibility index (Phi) is 6.12. The second-order valence-corrected chi connectivity index (χ2v) is 7.43. The average molecular weight is 318 g/mol. The number of fused-ring (bicyclic) bond motifs is 1. The lowest BCUT2D eigenvalue weighted by molar-refractivity contribution is 0.534. The van der Waals surface area contributed by atoms with Crippen LogP contribution in [0.2, 0.25) is 0 Å². The summed E-state index contributed by atoms with van der Waals surface area (Å²) >= 11 is 1.64. The van der Waals surface area contributed by atoms with Gasteiger partial charge in [-0.15, -0.1) is 0 Å². The molecule has 0 aliphatic heterocycles. The molecule has 0 bridgehead atoms. The lowest BCUT2D eigenvalue weighted by atomic mass is 10.1. The molecule has 4 heteroatoms. The molecule has 0 spiro atoms. The van der Waals surface area contributed by atoms with Crippen molar-refractivity contribution in [2.75, 3.05) is 20.6 Å². The van der Waals surface area contributed by atoms with Crippen LogP contribution in [0, 0.1) is 5.92 Å². The Morgan fingerprint density at radius 2 is 2.14 bits per heavy atom. The van der Waals surface area contributed by atoms with Crippen molar-refractivity contribution >= 4 is 29.1 Å². The first-order valence-electron chi connectivity index (χ1n) is 7.82. The lowest BCUT2D eigenvalue weighted by Crippen LogP contribution is -2.15. The molecule has 1 heterocycles. The van der Waals surface area contributed by atoms with Crippen LogP contribution in [-0.4, -0.2) is 29.5 Å². The minimum absolute atomic E-state index is 0.637. The van der Waals surface area contributed by atoms with E-state index >= 15 is 0 Å². The molecule has 0 aliphatic carbocycles. The van der Waals surface area contributed by atoms with Crippen LogP contribution in [0.25, 0.3) is 17.0 Å². The molecule has 2 aromatic rings. The van der Waals surface area contributed by atoms with Gasteiger partial charge in [-0.25, -0.2) is 4.31 Å². The van der Waals surface area contributed by atoms with Gasteiger partial charge in [-0.2, -0.15) is 0 Å². The maximum absolute atomic E-state index is 3.89. The van der Waals surface area contributed by atoms with Crippen LogP contribution >= 0.6 is 12.1 Å². The highest BCUT2D eigenvalue weighted by Crippen LogP contribution is 2.25. The Morgan fingerprint density at radius 3 is 2.77 bits per heavy atom. The molecule has 2 rings (SSSR count). The minimum Gasteiger partial charge on any atom is -0.347 e. The summed E-state index contributed by atoms with van der Waals surface area (Å²) in [6, 6.07) is 6.63. The lowest BCUT2D eigenvalue weighted by Gasteiger charge is -2.08. The van der Waals surface area contributed by atoms with Crippen LogP contribution in [0.15, 0.2) is 31.0 Å². The van der Waals surface area contributed by atoms with Crippen LogP contribution in [0.5, 0.6) is 0 Å². The predicted octanol–water partition coefficient (Wildman–Crippen LogP) is 4.20. The number of rotatable bonds is 8. The van der Waals surface area contributed by atoms with Crippen LogP contribution in [0.4, 0.5) is 0 Å². The van der Waals surface area contributed by atoms with E-state index in [0.29, 0.717) is 5.92 Å². The van der Waals surface area contributed by atoms with Crippen LogP contribution < -0.4 is 4.72 Å². The zero-order chi connectivity index (χ0) is 16.1. The van der Waals surface area contributed by atoms with E-state index in [4.69, 9.17) is 0 Å². The summed E-state index contributed by atoms with van der Waals surface area (Å²) in [7, 11) is 4.09. The fourth-order valence-corrected chi connectivity index (χ4v) is 3.07. The Balaban J connectivity index is 2.23. The third kappa shape index (κ3) is 4.38. The zero-order valence-corrected chi connectivity index (χ0v) is 14.9. The van der Waals surface area contributed by atoms with Gasteiger partial charge in [0.05, 0.1) is 0 Å². The summed E-state index contributed by atoms with van der Waals surface area (Å²) in [5.74, 6) is 0.637. The largest absolute Gasteiger partial charge is 0.347 e. The van der Waals surface area contributed by atoms with E-state index in [-0.39, 0.29) is 0 Å². The van der Waals surface area contributed by atoms with Crippen molar-refractivity contribution in [2.45, 2.75) is 26.8 Å². The highest BCUT2D eigenvalue weighted by atomic mass is 32.2. The molecule has 120 valence electrons. The Hall–Kier alpha value is -1.23. The van der Waals surface area contributed by atoms with Gasteiger partial charge in [-0.1, -0.05) is 38.6 Å². The SMILES string of the molecule is C=Cc1ccc2c(CCNSN(C)C)cn(CC(C)C)c2c1. The topological polar surface area (TPSA) is 20.2 Å². The van der Waals surface area contributed by atoms with Gasteiger partial charge in [0.25, 0.3) is 0 Å². The molecule has 22 heavy (non-hydrogen) atoms. The van der Waals surface area contributed by atoms with E-state index in [0.717, 1.165) is 19.5 Å². The van der Waals surface area contributed by atoms with Crippen molar-refractivity contribution in [2.24, 2.45) is 5.92 Å². The van der Waals surface area contributed by atoms with Gasteiger partial charge < -0.3 is 4.57 Å². The number of benzene rings is 1. The monoisotopic (exact) mass is 317 g/mol. The fraction of sp³-hybridized carbons (Fsp3) is 0.444. The molecule has 0 amide bonds. The number of aromatic nitrogens is 1. The molecule has 0 unspecified atom stereocenters. The summed E-state index contributed by atoms with van der Waals surface area (Å²) in [6.07, 6.45) is 5.27. The smallest absolute Gasteiger partial charge is 0.0489 e. The standard InChI is InChI=1S/C18H27N3S/c1-6-15-7-8-17-16(9-10-19-22-20(4)5)13-21(12-14(2)3)18(17)11-15/h6-8,11,13-14,19H,1,9-10,12H2,2-5H3. The first kappa shape index (κ1) is 17.1. The molecular weight excluding hydrogens is 290 g/mol. The van der Waals surface area contributed by atoms with Gasteiger partial charge >= 0.3 is 0 Å². The second kappa shape index (κ2) is 7.86. The van der Waals surface area contributed by atoms with E-state index in [2.05, 4.69) is 58.4 Å². The van der Waals surface area contributed by atoms with E-state index in [1.807, 2.05) is 20.2 Å². The molecule has 0 atom stereocenters. The third-order valence-corrected chi connectivity index (χ3v) is 4.23. The van der Waals surface area contributed by atoms with Gasteiger partial charge in [0.1, 0.15) is 0 Å². The van der Waals surface area contributed by atoms with Crippen molar-refractivity contribution in [1.82, 2.24) is 13.6 Å². The maximum Gasteiger partial charge on any atom is 0.0489 e. The van der Waals surface area contributed by atoms with Crippen LogP contribution in [0.1, 0.15) is 25.0 Å². The highest BCUT2D eigenvalue weighted by Gasteiger charge is 2.10. The van der Waals surface area contributed by atoms with E-state index in [1.165, 1.54) is 22.0 Å². The van der Waals surface area contributed by atoms with E-state index < -0.39 is 0 Å². The molecule has 1 N–H and O–H groups in total. The zero-order valence-electron chi connectivity index (χ0n) is 14.1. The van der Waals surface area contributed by atoms with Crippen molar-refractivity contribution in [3.63, 3.8) is 0 Å². The normalized spacial score (nSPS) is 11.7. The van der Waals surface area contributed by atoms with Crippen LogP contribution in [-0.2, 0) is 13.0 Å². The van der Waals surface area contributed by atoms with Gasteiger partial charge in [-0.05, 0) is 43.6 Å². The van der Waals surface area contributed by atoms with Gasteiger partial charge in [0.15, 0.2) is 0 Å². The number of hydrogen-bond donors (Lipinski definition) is 1. The third-order valence-electron chi connectivity index (χ3n) is 3.53. The molecule has 0 fully saturated rings. The number of nitrogens with one attached hydrogen (secondary N) is 1. The fourth-order valence-electron chi connectivity index (χ4n) is 2.62. The van der Waals surface area contributed by atoms with Gasteiger partial charge in [0.2, 0.25) is 0 Å². The van der Waals surface area contributed by atoms with Crippen LogP contribution in [0.3, 0.4) is 0 Å². The predicted molar refractivity (Wildman–Crippen MR) is 99.9 cm³/mol. The Bertz CT molecular complexity index is 629. The minimum atomic E-state index is 0.637. The van der Waals surface area contributed by atoms with Crippen molar-refractivity contribution in [3.05, 3.63) is 42.1 Å². The quantitative estimate of drug-likeness (QED) is 0.582. The number of nitrogens with zero attached hydrogens (tertiary/aromatic N) is 2. The molecule has 0 saturated carbocycles. The highest BCUT2D eigenvalue weighted by molar-refractivity contribution is 7.95. The van der Waals surface area contributed by atoms with E-state index in [1.54, 1.807) is 12.1 Å². The van der Waals surface area contributed by atoms with Gasteiger partial charge in [-0.3, -0.25) is 4.72 Å².